The second-order valence-electron chi connectivity index (χ2n) is 8.13. The van der Waals surface area contributed by atoms with Gasteiger partial charge in [-0.1, -0.05) is 32.3 Å². The number of carbonyl (C=O) groups is 2. The molecule has 2 amide bonds. The molecule has 142 valence electrons. The van der Waals surface area contributed by atoms with E-state index in [2.05, 4.69) is 17.6 Å². The smallest absolute Gasteiger partial charge is 0.251 e. The number of amides is 2. The largest absolute Gasteiger partial charge is 0.349 e. The van der Waals surface area contributed by atoms with Crippen molar-refractivity contribution in [2.75, 3.05) is 5.32 Å². The van der Waals surface area contributed by atoms with Gasteiger partial charge in [0.25, 0.3) is 5.91 Å². The number of carbonyl (C=O) groups excluding carboxylic acids is 2. The summed E-state index contributed by atoms with van der Waals surface area (Å²) in [5, 5.41) is 6.09. The second kappa shape index (κ2) is 8.70. The van der Waals surface area contributed by atoms with Crippen LogP contribution in [0.3, 0.4) is 0 Å². The third-order valence-corrected chi connectivity index (χ3v) is 5.85. The topological polar surface area (TPSA) is 58.2 Å². The van der Waals surface area contributed by atoms with Gasteiger partial charge in [-0.3, -0.25) is 9.59 Å². The maximum atomic E-state index is 12.7. The van der Waals surface area contributed by atoms with Gasteiger partial charge >= 0.3 is 0 Å². The molecule has 0 heterocycles. The van der Waals surface area contributed by atoms with Gasteiger partial charge in [0.2, 0.25) is 5.91 Å². The van der Waals surface area contributed by atoms with Crippen molar-refractivity contribution in [3.8, 4) is 0 Å². The Hall–Kier alpha value is -1.84. The van der Waals surface area contributed by atoms with E-state index in [4.69, 9.17) is 0 Å². The molecule has 0 atom stereocenters. The fourth-order valence-corrected chi connectivity index (χ4v) is 3.84. The Balaban J connectivity index is 1.56. The third-order valence-electron chi connectivity index (χ3n) is 5.85. The van der Waals surface area contributed by atoms with Gasteiger partial charge in [0, 0.05) is 23.2 Å². The minimum absolute atomic E-state index is 0.0422. The van der Waals surface area contributed by atoms with E-state index in [-0.39, 0.29) is 17.7 Å². The van der Waals surface area contributed by atoms with Gasteiger partial charge < -0.3 is 10.6 Å². The molecule has 0 bridgehead atoms. The first-order valence-corrected chi connectivity index (χ1v) is 10.3. The summed E-state index contributed by atoms with van der Waals surface area (Å²) in [7, 11) is 0. The molecule has 1 aromatic carbocycles. The highest BCUT2D eigenvalue weighted by atomic mass is 16.2. The van der Waals surface area contributed by atoms with Crippen LogP contribution in [0.15, 0.2) is 18.2 Å². The molecule has 26 heavy (non-hydrogen) atoms. The fraction of sp³-hybridized carbons (Fsp3) is 0.636. The molecule has 2 N–H and O–H groups in total. The number of anilines is 1. The summed E-state index contributed by atoms with van der Waals surface area (Å²) >= 11 is 0. The molecular formula is C22H32N2O2. The highest BCUT2D eigenvalue weighted by Crippen LogP contribution is 2.33. The van der Waals surface area contributed by atoms with Gasteiger partial charge in [-0.2, -0.15) is 0 Å². The molecule has 0 radical (unpaired) electrons. The van der Waals surface area contributed by atoms with E-state index >= 15 is 0 Å². The Morgan fingerprint density at radius 2 is 1.81 bits per heavy atom. The summed E-state index contributed by atoms with van der Waals surface area (Å²) in [6.45, 7) is 4.21. The first-order chi connectivity index (χ1) is 12.6. The molecule has 2 aliphatic rings. The van der Waals surface area contributed by atoms with Crippen LogP contribution in [0, 0.1) is 18.8 Å². The molecule has 0 unspecified atom stereocenters. The fourth-order valence-electron chi connectivity index (χ4n) is 3.84. The number of hydrogen-bond donors (Lipinski definition) is 2. The maximum Gasteiger partial charge on any atom is 0.251 e. The van der Waals surface area contributed by atoms with Crippen LogP contribution in [0.5, 0.6) is 0 Å². The molecule has 2 fully saturated rings. The summed E-state index contributed by atoms with van der Waals surface area (Å²) in [6.07, 6.45) is 10.3. The lowest BCUT2D eigenvalue weighted by Crippen LogP contribution is -2.28. The zero-order valence-corrected chi connectivity index (χ0v) is 16.1. The summed E-state index contributed by atoms with van der Waals surface area (Å²) in [5.41, 5.74) is 2.39. The van der Waals surface area contributed by atoms with Crippen molar-refractivity contribution >= 4 is 17.5 Å². The van der Waals surface area contributed by atoms with Crippen molar-refractivity contribution in [1.82, 2.24) is 5.32 Å². The first-order valence-electron chi connectivity index (χ1n) is 10.3. The number of hydrogen-bond acceptors (Lipinski definition) is 2. The summed E-state index contributed by atoms with van der Waals surface area (Å²) in [6, 6.07) is 5.91. The highest BCUT2D eigenvalue weighted by Gasteiger charge is 2.27. The van der Waals surface area contributed by atoms with E-state index in [0.29, 0.717) is 11.6 Å². The molecule has 0 aliphatic heterocycles. The number of nitrogens with one attached hydrogen (secondary N) is 2. The molecule has 4 heteroatoms. The lowest BCUT2D eigenvalue weighted by molar-refractivity contribution is -0.121. The number of benzene rings is 1. The zero-order chi connectivity index (χ0) is 18.5. The van der Waals surface area contributed by atoms with Crippen molar-refractivity contribution in [3.63, 3.8) is 0 Å². The molecule has 0 spiro atoms. The van der Waals surface area contributed by atoms with Crippen LogP contribution in [0.25, 0.3) is 0 Å². The summed E-state index contributed by atoms with van der Waals surface area (Å²) < 4.78 is 0. The average Bonchev–Trinajstić information content (AvgIpc) is 3.46. The lowest BCUT2D eigenvalue weighted by Gasteiger charge is -2.28. The van der Waals surface area contributed by atoms with Gasteiger partial charge in [0.15, 0.2) is 0 Å². The average molecular weight is 357 g/mol. The second-order valence-corrected chi connectivity index (χ2v) is 8.13. The van der Waals surface area contributed by atoms with E-state index < -0.39 is 0 Å². The minimum atomic E-state index is -0.0422. The Morgan fingerprint density at radius 3 is 2.46 bits per heavy atom. The van der Waals surface area contributed by atoms with E-state index in [9.17, 15) is 9.59 Å². The Labute approximate surface area is 157 Å². The van der Waals surface area contributed by atoms with Gasteiger partial charge in [-0.25, -0.2) is 0 Å². The third kappa shape index (κ3) is 5.09. The van der Waals surface area contributed by atoms with Crippen LogP contribution in [0.4, 0.5) is 5.69 Å². The molecule has 1 aromatic rings. The molecular weight excluding hydrogens is 324 g/mol. The SMILES string of the molecule is CCCCC1CCC(C(=O)Nc2cc(C(=O)NC3CC3)ccc2C)CC1. The van der Waals surface area contributed by atoms with Gasteiger partial charge in [0.1, 0.15) is 0 Å². The van der Waals surface area contributed by atoms with Crippen molar-refractivity contribution < 1.29 is 9.59 Å². The van der Waals surface area contributed by atoms with Gasteiger partial charge in [0.05, 0.1) is 0 Å². The molecule has 3 rings (SSSR count). The van der Waals surface area contributed by atoms with E-state index in [1.54, 1.807) is 0 Å². The predicted octanol–water partition coefficient (Wildman–Crippen LogP) is 4.82. The van der Waals surface area contributed by atoms with Crippen LogP contribution >= 0.6 is 0 Å². The number of unbranched alkanes of at least 4 members (excludes halogenated alkanes) is 1. The maximum absolute atomic E-state index is 12.7. The Bertz CT molecular complexity index is 644. The van der Waals surface area contributed by atoms with Crippen molar-refractivity contribution in [3.05, 3.63) is 29.3 Å². The van der Waals surface area contributed by atoms with E-state index in [0.717, 1.165) is 42.9 Å². The highest BCUT2D eigenvalue weighted by molar-refractivity contribution is 5.98. The molecule has 0 aromatic heterocycles. The predicted molar refractivity (Wildman–Crippen MR) is 105 cm³/mol. The number of aryl methyl sites for hydroxylation is 1. The normalized spacial score (nSPS) is 22.7. The van der Waals surface area contributed by atoms with Crippen LogP contribution in [-0.4, -0.2) is 17.9 Å². The molecule has 0 saturated heterocycles. The van der Waals surface area contributed by atoms with Crippen molar-refractivity contribution in [2.45, 2.75) is 77.7 Å². The summed E-state index contributed by atoms with van der Waals surface area (Å²) in [4.78, 5) is 24.9. The van der Waals surface area contributed by atoms with Gasteiger partial charge in [-0.15, -0.1) is 0 Å². The van der Waals surface area contributed by atoms with E-state index in [1.807, 2.05) is 25.1 Å². The van der Waals surface area contributed by atoms with Gasteiger partial charge in [-0.05, 0) is 69.1 Å². The zero-order valence-electron chi connectivity index (χ0n) is 16.1. The molecule has 4 nitrogen and oxygen atoms in total. The Morgan fingerprint density at radius 1 is 1.08 bits per heavy atom. The van der Waals surface area contributed by atoms with Crippen LogP contribution < -0.4 is 10.6 Å². The quantitative estimate of drug-likeness (QED) is 0.736. The minimum Gasteiger partial charge on any atom is -0.349 e. The van der Waals surface area contributed by atoms with Crippen molar-refractivity contribution in [1.29, 1.82) is 0 Å². The van der Waals surface area contributed by atoms with E-state index in [1.165, 1.54) is 32.1 Å². The summed E-state index contributed by atoms with van der Waals surface area (Å²) in [5.74, 6) is 0.979. The van der Waals surface area contributed by atoms with Crippen LogP contribution in [0.1, 0.15) is 80.6 Å². The Kier molecular flexibility index (Phi) is 6.33. The van der Waals surface area contributed by atoms with Crippen molar-refractivity contribution in [2.24, 2.45) is 11.8 Å². The number of rotatable bonds is 7. The monoisotopic (exact) mass is 356 g/mol. The standard InChI is InChI=1S/C22H32N2O2/c1-3-4-5-16-7-10-17(11-8-16)21(25)24-20-14-18(9-6-15(20)2)22(26)23-19-12-13-19/h6,9,14,16-17,19H,3-5,7-8,10-13H2,1-2H3,(H,23,26)(H,24,25). The first kappa shape index (κ1) is 18.9. The molecule has 2 aliphatic carbocycles. The van der Waals surface area contributed by atoms with Crippen LogP contribution in [0.2, 0.25) is 0 Å². The van der Waals surface area contributed by atoms with Crippen LogP contribution in [-0.2, 0) is 4.79 Å². The molecule has 2 saturated carbocycles. The lowest BCUT2D eigenvalue weighted by atomic mass is 9.79.